The van der Waals surface area contributed by atoms with Crippen molar-refractivity contribution in [3.63, 3.8) is 0 Å². The SMILES string of the molecule is COC(=O)c1cc(Sc2ccccc2Cl)c(F)cc1N. The van der Waals surface area contributed by atoms with Crippen LogP contribution in [0.4, 0.5) is 10.1 Å². The smallest absolute Gasteiger partial charge is 0.339 e. The second-order valence-electron chi connectivity index (χ2n) is 3.89. The molecule has 6 heteroatoms. The van der Waals surface area contributed by atoms with Crippen molar-refractivity contribution in [2.24, 2.45) is 0 Å². The van der Waals surface area contributed by atoms with E-state index in [9.17, 15) is 9.18 Å². The fourth-order valence-corrected chi connectivity index (χ4v) is 2.71. The highest BCUT2D eigenvalue weighted by Gasteiger charge is 2.16. The zero-order valence-corrected chi connectivity index (χ0v) is 12.1. The van der Waals surface area contributed by atoms with Crippen LogP contribution in [-0.2, 0) is 4.74 Å². The molecule has 0 aliphatic heterocycles. The minimum absolute atomic E-state index is 0.0397. The minimum atomic E-state index is -0.608. The lowest BCUT2D eigenvalue weighted by molar-refractivity contribution is 0.0601. The number of halogens is 2. The van der Waals surface area contributed by atoms with E-state index >= 15 is 0 Å². The van der Waals surface area contributed by atoms with Gasteiger partial charge in [0.25, 0.3) is 0 Å². The van der Waals surface area contributed by atoms with Crippen molar-refractivity contribution in [1.82, 2.24) is 0 Å². The predicted molar refractivity (Wildman–Crippen MR) is 77.7 cm³/mol. The van der Waals surface area contributed by atoms with Crippen LogP contribution < -0.4 is 5.73 Å². The number of benzene rings is 2. The lowest BCUT2D eigenvalue weighted by Crippen LogP contribution is -2.06. The Kier molecular flexibility index (Phi) is 4.52. The first-order chi connectivity index (χ1) is 9.52. The molecule has 2 aromatic rings. The van der Waals surface area contributed by atoms with E-state index in [2.05, 4.69) is 4.74 Å². The first kappa shape index (κ1) is 14.7. The van der Waals surface area contributed by atoms with Crippen LogP contribution in [0.15, 0.2) is 46.2 Å². The molecule has 20 heavy (non-hydrogen) atoms. The molecule has 104 valence electrons. The number of esters is 1. The fraction of sp³-hybridized carbons (Fsp3) is 0.0714. The summed E-state index contributed by atoms with van der Waals surface area (Å²) in [5.41, 5.74) is 5.78. The number of hydrogen-bond acceptors (Lipinski definition) is 4. The topological polar surface area (TPSA) is 52.3 Å². The summed E-state index contributed by atoms with van der Waals surface area (Å²) in [7, 11) is 1.24. The molecule has 0 spiro atoms. The molecule has 0 heterocycles. The van der Waals surface area contributed by atoms with Gasteiger partial charge in [-0.05, 0) is 24.3 Å². The molecule has 0 bridgehead atoms. The molecule has 0 aliphatic rings. The van der Waals surface area contributed by atoms with E-state index in [0.717, 1.165) is 17.8 Å². The van der Waals surface area contributed by atoms with Gasteiger partial charge >= 0.3 is 5.97 Å². The van der Waals surface area contributed by atoms with Gasteiger partial charge in [0.2, 0.25) is 0 Å². The third-order valence-electron chi connectivity index (χ3n) is 2.57. The number of nitrogens with two attached hydrogens (primary N) is 1. The van der Waals surface area contributed by atoms with Crippen molar-refractivity contribution in [2.45, 2.75) is 9.79 Å². The molecule has 0 radical (unpaired) electrons. The quantitative estimate of drug-likeness (QED) is 0.687. The second-order valence-corrected chi connectivity index (χ2v) is 5.38. The average Bonchev–Trinajstić information content (AvgIpc) is 2.43. The normalized spacial score (nSPS) is 10.3. The molecule has 0 saturated heterocycles. The van der Waals surface area contributed by atoms with Gasteiger partial charge < -0.3 is 10.5 Å². The Hall–Kier alpha value is -1.72. The Labute approximate surface area is 124 Å². The summed E-state index contributed by atoms with van der Waals surface area (Å²) >= 11 is 7.15. The third-order valence-corrected chi connectivity index (χ3v) is 4.12. The monoisotopic (exact) mass is 311 g/mol. The largest absolute Gasteiger partial charge is 0.465 e. The maximum absolute atomic E-state index is 13.9. The van der Waals surface area contributed by atoms with E-state index in [1.165, 1.54) is 13.2 Å². The van der Waals surface area contributed by atoms with Gasteiger partial charge in [0, 0.05) is 15.5 Å². The average molecular weight is 312 g/mol. The summed E-state index contributed by atoms with van der Waals surface area (Å²) in [6.45, 7) is 0. The van der Waals surface area contributed by atoms with Gasteiger partial charge in [0.15, 0.2) is 0 Å². The summed E-state index contributed by atoms with van der Waals surface area (Å²) in [6.07, 6.45) is 0. The van der Waals surface area contributed by atoms with E-state index in [1.54, 1.807) is 24.3 Å². The van der Waals surface area contributed by atoms with Gasteiger partial charge in [-0.3, -0.25) is 0 Å². The van der Waals surface area contributed by atoms with E-state index in [-0.39, 0.29) is 16.1 Å². The summed E-state index contributed by atoms with van der Waals surface area (Å²) < 4.78 is 18.5. The lowest BCUT2D eigenvalue weighted by Gasteiger charge is -2.09. The first-order valence-electron chi connectivity index (χ1n) is 5.62. The Bertz CT molecular complexity index is 664. The standard InChI is InChI=1S/C14H11ClFNO2S/c1-19-14(18)8-6-13(10(16)7-11(8)17)20-12-5-3-2-4-9(12)15/h2-7H,17H2,1H3. The highest BCUT2D eigenvalue weighted by Crippen LogP contribution is 2.36. The van der Waals surface area contributed by atoms with Crippen LogP contribution >= 0.6 is 23.4 Å². The molecule has 3 nitrogen and oxygen atoms in total. The number of carbonyl (C=O) groups excluding carboxylic acids is 1. The van der Waals surface area contributed by atoms with E-state index < -0.39 is 11.8 Å². The molecule has 0 saturated carbocycles. The number of ether oxygens (including phenoxy) is 1. The predicted octanol–water partition coefficient (Wildman–Crippen LogP) is 4.00. The summed E-state index contributed by atoms with van der Waals surface area (Å²) in [5, 5.41) is 0.508. The molecular formula is C14H11ClFNO2S. The molecule has 0 fully saturated rings. The van der Waals surface area contributed by atoms with Gasteiger partial charge in [-0.1, -0.05) is 35.5 Å². The van der Waals surface area contributed by atoms with Crippen LogP contribution in [0, 0.1) is 5.82 Å². The maximum Gasteiger partial charge on any atom is 0.339 e. The summed E-state index contributed by atoms with van der Waals surface area (Å²) in [6, 6.07) is 9.52. The zero-order chi connectivity index (χ0) is 14.7. The van der Waals surface area contributed by atoms with Crippen LogP contribution in [0.2, 0.25) is 5.02 Å². The maximum atomic E-state index is 13.9. The Morgan fingerprint density at radius 1 is 1.30 bits per heavy atom. The van der Waals surface area contributed by atoms with Crippen LogP contribution in [-0.4, -0.2) is 13.1 Å². The fourth-order valence-electron chi connectivity index (χ4n) is 1.58. The second kappa shape index (κ2) is 6.15. The molecule has 0 aliphatic carbocycles. The van der Waals surface area contributed by atoms with E-state index in [4.69, 9.17) is 17.3 Å². The molecule has 0 unspecified atom stereocenters. The number of methoxy groups -OCH3 is 1. The van der Waals surface area contributed by atoms with E-state index in [0.29, 0.717) is 9.92 Å². The van der Waals surface area contributed by atoms with Crippen LogP contribution in [0.25, 0.3) is 0 Å². The van der Waals surface area contributed by atoms with Gasteiger partial charge in [0.05, 0.1) is 17.7 Å². The van der Waals surface area contributed by atoms with Gasteiger partial charge in [-0.2, -0.15) is 0 Å². The number of carbonyl (C=O) groups is 1. The van der Waals surface area contributed by atoms with Gasteiger partial charge in [0.1, 0.15) is 5.82 Å². The van der Waals surface area contributed by atoms with Crippen LogP contribution in [0.1, 0.15) is 10.4 Å². The molecular weight excluding hydrogens is 301 g/mol. The highest BCUT2D eigenvalue weighted by molar-refractivity contribution is 7.99. The lowest BCUT2D eigenvalue weighted by atomic mass is 10.2. The third kappa shape index (κ3) is 3.05. The van der Waals surface area contributed by atoms with Crippen LogP contribution in [0.3, 0.4) is 0 Å². The zero-order valence-electron chi connectivity index (χ0n) is 10.5. The number of anilines is 1. The van der Waals surface area contributed by atoms with E-state index in [1.807, 2.05) is 0 Å². The van der Waals surface area contributed by atoms with Crippen molar-refractivity contribution in [3.05, 3.63) is 52.8 Å². The van der Waals surface area contributed by atoms with Crippen molar-refractivity contribution >= 4 is 35.0 Å². The molecule has 2 aromatic carbocycles. The Morgan fingerprint density at radius 3 is 2.65 bits per heavy atom. The van der Waals surface area contributed by atoms with Crippen LogP contribution in [0.5, 0.6) is 0 Å². The van der Waals surface area contributed by atoms with Crippen molar-refractivity contribution in [3.8, 4) is 0 Å². The summed E-state index contributed by atoms with van der Waals surface area (Å²) in [4.78, 5) is 12.5. The van der Waals surface area contributed by atoms with Crippen molar-refractivity contribution in [2.75, 3.05) is 12.8 Å². The molecule has 0 atom stereocenters. The Balaban J connectivity index is 2.42. The highest BCUT2D eigenvalue weighted by atomic mass is 35.5. The number of hydrogen-bond donors (Lipinski definition) is 1. The van der Waals surface area contributed by atoms with Crippen molar-refractivity contribution in [1.29, 1.82) is 0 Å². The number of nitrogen functional groups attached to an aromatic ring is 1. The first-order valence-corrected chi connectivity index (χ1v) is 6.82. The van der Waals surface area contributed by atoms with Gasteiger partial charge in [-0.15, -0.1) is 0 Å². The molecule has 0 aromatic heterocycles. The molecule has 2 N–H and O–H groups in total. The Morgan fingerprint density at radius 2 is 2.00 bits per heavy atom. The number of rotatable bonds is 3. The summed E-state index contributed by atoms with van der Waals surface area (Å²) in [5.74, 6) is -1.12. The van der Waals surface area contributed by atoms with Gasteiger partial charge in [-0.25, -0.2) is 9.18 Å². The molecule has 2 rings (SSSR count). The molecule has 0 amide bonds. The minimum Gasteiger partial charge on any atom is -0.465 e. The van der Waals surface area contributed by atoms with Crippen molar-refractivity contribution < 1.29 is 13.9 Å².